The summed E-state index contributed by atoms with van der Waals surface area (Å²) in [6, 6.07) is 6.01. The van der Waals surface area contributed by atoms with Gasteiger partial charge in [-0.15, -0.1) is 0 Å². The summed E-state index contributed by atoms with van der Waals surface area (Å²) < 4.78 is 6.57. The number of ether oxygens (including phenoxy) is 1. The second-order valence-corrected chi connectivity index (χ2v) is 5.56. The highest BCUT2D eigenvalue weighted by molar-refractivity contribution is 9.10. The molecule has 2 unspecified atom stereocenters. The van der Waals surface area contributed by atoms with Crippen LogP contribution in [0, 0.1) is 5.92 Å². The van der Waals surface area contributed by atoms with E-state index >= 15 is 0 Å². The first-order valence-corrected chi connectivity index (χ1v) is 6.81. The first kappa shape index (κ1) is 12.9. The lowest BCUT2D eigenvalue weighted by Gasteiger charge is -2.15. The van der Waals surface area contributed by atoms with Crippen LogP contribution in [-0.2, 0) is 11.3 Å². The van der Waals surface area contributed by atoms with Gasteiger partial charge in [0, 0.05) is 29.9 Å². The Morgan fingerprint density at radius 3 is 2.94 bits per heavy atom. The summed E-state index contributed by atoms with van der Waals surface area (Å²) in [5.41, 5.74) is 7.81. The number of nitrogen functional groups attached to an aromatic ring is 1. The minimum atomic E-state index is 0.384. The summed E-state index contributed by atoms with van der Waals surface area (Å²) in [7, 11) is 0. The minimum absolute atomic E-state index is 0.384. The van der Waals surface area contributed by atoms with Crippen molar-refractivity contribution in [3.63, 3.8) is 0 Å². The summed E-state index contributed by atoms with van der Waals surface area (Å²) in [5.74, 6) is 0.638. The van der Waals surface area contributed by atoms with Crippen LogP contribution in [0.4, 0.5) is 5.69 Å². The molecule has 1 aliphatic heterocycles. The maximum atomic E-state index is 5.80. The molecule has 0 aromatic heterocycles. The van der Waals surface area contributed by atoms with E-state index in [1.165, 1.54) is 5.56 Å². The van der Waals surface area contributed by atoms with Gasteiger partial charge in [0.15, 0.2) is 0 Å². The number of halogens is 1. The molecule has 0 spiro atoms. The fraction of sp³-hybridized carbons (Fsp3) is 0.538. The van der Waals surface area contributed by atoms with Gasteiger partial charge in [-0.05, 0) is 43.0 Å². The number of nitrogens with one attached hydrogen (secondary N) is 1. The van der Waals surface area contributed by atoms with Crippen molar-refractivity contribution in [2.45, 2.75) is 26.0 Å². The van der Waals surface area contributed by atoms with Gasteiger partial charge in [0.2, 0.25) is 0 Å². The van der Waals surface area contributed by atoms with Gasteiger partial charge < -0.3 is 15.8 Å². The molecule has 1 aliphatic rings. The minimum Gasteiger partial charge on any atom is -0.399 e. The average Bonchev–Trinajstić information content (AvgIpc) is 2.63. The lowest BCUT2D eigenvalue weighted by atomic mass is 10.0. The lowest BCUT2D eigenvalue weighted by molar-refractivity contribution is 0.105. The molecule has 0 radical (unpaired) electrons. The Labute approximate surface area is 111 Å². The van der Waals surface area contributed by atoms with E-state index in [9.17, 15) is 0 Å². The molecule has 2 atom stereocenters. The highest BCUT2D eigenvalue weighted by atomic mass is 79.9. The van der Waals surface area contributed by atoms with Crippen molar-refractivity contribution < 1.29 is 4.74 Å². The van der Waals surface area contributed by atoms with Crippen LogP contribution >= 0.6 is 15.9 Å². The van der Waals surface area contributed by atoms with E-state index in [0.717, 1.165) is 36.3 Å². The van der Waals surface area contributed by atoms with Gasteiger partial charge in [-0.2, -0.15) is 0 Å². The van der Waals surface area contributed by atoms with Crippen LogP contribution in [0.25, 0.3) is 0 Å². The Kier molecular flexibility index (Phi) is 4.42. The summed E-state index contributed by atoms with van der Waals surface area (Å²) in [5, 5.41) is 3.47. The molecule has 0 saturated carbocycles. The van der Waals surface area contributed by atoms with E-state index < -0.39 is 0 Å². The van der Waals surface area contributed by atoms with Gasteiger partial charge in [-0.1, -0.05) is 15.9 Å². The predicted molar refractivity (Wildman–Crippen MR) is 73.8 cm³/mol. The van der Waals surface area contributed by atoms with Crippen molar-refractivity contribution in [1.82, 2.24) is 5.32 Å². The molecular formula is C13H19BrN2O. The maximum absolute atomic E-state index is 5.80. The first-order valence-electron chi connectivity index (χ1n) is 6.02. The van der Waals surface area contributed by atoms with Crippen molar-refractivity contribution in [1.29, 1.82) is 0 Å². The van der Waals surface area contributed by atoms with Crippen molar-refractivity contribution >= 4 is 21.6 Å². The van der Waals surface area contributed by atoms with Crippen LogP contribution in [0.3, 0.4) is 0 Å². The van der Waals surface area contributed by atoms with Gasteiger partial charge >= 0.3 is 0 Å². The Hall–Kier alpha value is -0.580. The summed E-state index contributed by atoms with van der Waals surface area (Å²) >= 11 is 3.45. The van der Waals surface area contributed by atoms with Crippen molar-refractivity contribution in [3.8, 4) is 0 Å². The Bertz CT molecular complexity index is 363. The number of rotatable bonds is 4. The zero-order valence-corrected chi connectivity index (χ0v) is 11.7. The third kappa shape index (κ3) is 3.69. The van der Waals surface area contributed by atoms with Gasteiger partial charge in [-0.3, -0.25) is 0 Å². The monoisotopic (exact) mass is 298 g/mol. The quantitative estimate of drug-likeness (QED) is 0.840. The third-order valence-electron chi connectivity index (χ3n) is 3.25. The standard InChI is InChI=1S/C13H19BrN2O/c1-9-11(2-3-17-9)8-16-7-10-4-12(14)6-13(15)5-10/h4-6,9,11,16H,2-3,7-8,15H2,1H3. The van der Waals surface area contributed by atoms with Gasteiger partial charge in [0.05, 0.1) is 6.10 Å². The molecule has 0 amide bonds. The summed E-state index contributed by atoms with van der Waals surface area (Å²) in [6.07, 6.45) is 1.55. The van der Waals surface area contributed by atoms with Crippen molar-refractivity contribution in [2.75, 3.05) is 18.9 Å². The third-order valence-corrected chi connectivity index (χ3v) is 3.71. The molecular weight excluding hydrogens is 280 g/mol. The molecule has 1 aromatic carbocycles. The Balaban J connectivity index is 1.81. The lowest BCUT2D eigenvalue weighted by Crippen LogP contribution is -2.26. The average molecular weight is 299 g/mol. The molecule has 4 heteroatoms. The van der Waals surface area contributed by atoms with Gasteiger partial charge in [-0.25, -0.2) is 0 Å². The van der Waals surface area contributed by atoms with E-state index in [4.69, 9.17) is 10.5 Å². The van der Waals surface area contributed by atoms with E-state index in [1.54, 1.807) is 0 Å². The number of benzene rings is 1. The number of hydrogen-bond acceptors (Lipinski definition) is 3. The Morgan fingerprint density at radius 2 is 2.29 bits per heavy atom. The van der Waals surface area contributed by atoms with E-state index in [1.807, 2.05) is 12.1 Å². The van der Waals surface area contributed by atoms with Gasteiger partial charge in [0.25, 0.3) is 0 Å². The maximum Gasteiger partial charge on any atom is 0.0588 e. The highest BCUT2D eigenvalue weighted by Crippen LogP contribution is 2.20. The molecule has 17 heavy (non-hydrogen) atoms. The Morgan fingerprint density at radius 1 is 1.47 bits per heavy atom. The van der Waals surface area contributed by atoms with E-state index in [-0.39, 0.29) is 0 Å². The predicted octanol–water partition coefficient (Wildman–Crippen LogP) is 2.55. The topological polar surface area (TPSA) is 47.3 Å². The molecule has 94 valence electrons. The van der Waals surface area contributed by atoms with Crippen LogP contribution in [-0.4, -0.2) is 19.3 Å². The largest absolute Gasteiger partial charge is 0.399 e. The number of hydrogen-bond donors (Lipinski definition) is 2. The van der Waals surface area contributed by atoms with Gasteiger partial charge in [0.1, 0.15) is 0 Å². The summed E-state index contributed by atoms with van der Waals surface area (Å²) in [6.45, 7) is 4.91. The van der Waals surface area contributed by atoms with E-state index in [2.05, 4.69) is 34.2 Å². The van der Waals surface area contributed by atoms with Crippen LogP contribution in [0.5, 0.6) is 0 Å². The molecule has 0 bridgehead atoms. The molecule has 1 heterocycles. The van der Waals surface area contributed by atoms with Crippen LogP contribution in [0.1, 0.15) is 18.9 Å². The molecule has 3 N–H and O–H groups in total. The molecule has 0 aliphatic carbocycles. The smallest absolute Gasteiger partial charge is 0.0588 e. The fourth-order valence-electron chi connectivity index (χ4n) is 2.22. The second kappa shape index (κ2) is 5.85. The molecule has 1 fully saturated rings. The zero-order valence-electron chi connectivity index (χ0n) is 10.1. The normalized spacial score (nSPS) is 24.1. The van der Waals surface area contributed by atoms with Crippen LogP contribution in [0.2, 0.25) is 0 Å². The SMILES string of the molecule is CC1OCCC1CNCc1cc(N)cc(Br)c1. The molecule has 1 saturated heterocycles. The second-order valence-electron chi connectivity index (χ2n) is 4.65. The summed E-state index contributed by atoms with van der Waals surface area (Å²) in [4.78, 5) is 0. The molecule has 3 nitrogen and oxygen atoms in total. The molecule has 2 rings (SSSR count). The first-order chi connectivity index (χ1) is 8.15. The fourth-order valence-corrected chi connectivity index (χ4v) is 2.78. The number of anilines is 1. The van der Waals surface area contributed by atoms with Crippen molar-refractivity contribution in [3.05, 3.63) is 28.2 Å². The van der Waals surface area contributed by atoms with Crippen molar-refractivity contribution in [2.24, 2.45) is 5.92 Å². The number of nitrogens with two attached hydrogens (primary N) is 1. The van der Waals surface area contributed by atoms with Crippen LogP contribution < -0.4 is 11.1 Å². The zero-order chi connectivity index (χ0) is 12.3. The van der Waals surface area contributed by atoms with Crippen LogP contribution in [0.15, 0.2) is 22.7 Å². The highest BCUT2D eigenvalue weighted by Gasteiger charge is 2.23. The van der Waals surface area contributed by atoms with E-state index in [0.29, 0.717) is 12.0 Å². The molecule has 1 aromatic rings.